The van der Waals surface area contributed by atoms with Crippen molar-refractivity contribution < 1.29 is 24.2 Å². The summed E-state index contributed by atoms with van der Waals surface area (Å²) >= 11 is 4.76. The number of carboxylic acid groups (broad SMARTS) is 1. The first kappa shape index (κ1) is 21.0. The summed E-state index contributed by atoms with van der Waals surface area (Å²) in [7, 11) is 0. The van der Waals surface area contributed by atoms with E-state index < -0.39 is 39.7 Å². The number of thioether (sulfide) groups is 1. The molecule has 0 saturated carbocycles. The van der Waals surface area contributed by atoms with Crippen LogP contribution in [0.4, 0.5) is 0 Å². The maximum atomic E-state index is 12.8. The maximum absolute atomic E-state index is 12.8. The van der Waals surface area contributed by atoms with Crippen molar-refractivity contribution in [3.8, 4) is 5.75 Å². The Morgan fingerprint density at radius 3 is 2.64 bits per heavy atom. The van der Waals surface area contributed by atoms with Crippen LogP contribution in [0.15, 0.2) is 28.7 Å². The predicted octanol–water partition coefficient (Wildman–Crippen LogP) is 2.63. The predicted molar refractivity (Wildman–Crippen MR) is 109 cm³/mol. The monoisotopic (exact) mass is 470 g/mol. The van der Waals surface area contributed by atoms with E-state index >= 15 is 0 Å². The van der Waals surface area contributed by atoms with E-state index in [4.69, 9.17) is 4.74 Å². The molecule has 2 aliphatic rings. The molecular formula is C19H23BrN2O5S. The Labute approximate surface area is 176 Å². The Balaban J connectivity index is 1.74. The van der Waals surface area contributed by atoms with Gasteiger partial charge in [0.1, 0.15) is 22.7 Å². The molecule has 1 aromatic carbocycles. The van der Waals surface area contributed by atoms with Crippen molar-refractivity contribution in [2.45, 2.75) is 61.9 Å². The molecule has 1 aromatic rings. The molecule has 1 unspecified atom stereocenters. The molecule has 4 atom stereocenters. The van der Waals surface area contributed by atoms with Crippen LogP contribution in [0.2, 0.25) is 0 Å². The molecular weight excluding hydrogens is 448 g/mol. The van der Waals surface area contributed by atoms with Gasteiger partial charge in [-0.2, -0.15) is 0 Å². The average Bonchev–Trinajstić information content (AvgIpc) is 2.89. The number of β-lactam (4-membered cyclic amide) rings is 1. The lowest BCUT2D eigenvalue weighted by atomic mass is 9.86. The van der Waals surface area contributed by atoms with E-state index in [2.05, 4.69) is 21.2 Å². The van der Waals surface area contributed by atoms with Crippen LogP contribution in [0.25, 0.3) is 0 Å². The van der Waals surface area contributed by atoms with Crippen molar-refractivity contribution in [2.24, 2.45) is 0 Å². The zero-order valence-electron chi connectivity index (χ0n) is 16.1. The Morgan fingerprint density at radius 1 is 1.39 bits per heavy atom. The van der Waals surface area contributed by atoms with E-state index in [-0.39, 0.29) is 5.91 Å². The van der Waals surface area contributed by atoms with Gasteiger partial charge in [-0.3, -0.25) is 9.59 Å². The second-order valence-corrected chi connectivity index (χ2v) is 10.3. The molecule has 7 nitrogen and oxygen atoms in total. The molecule has 9 heteroatoms. The highest BCUT2D eigenvalue weighted by molar-refractivity contribution is 9.10. The number of carbonyl (C=O) groups is 3. The Hall–Kier alpha value is -1.74. The molecule has 2 aliphatic heterocycles. The summed E-state index contributed by atoms with van der Waals surface area (Å²) < 4.78 is 5.99. The lowest BCUT2D eigenvalue weighted by Crippen LogP contribution is -2.78. The van der Waals surface area contributed by atoms with E-state index in [1.54, 1.807) is 32.9 Å². The molecule has 2 heterocycles. The zero-order chi connectivity index (χ0) is 20.9. The number of amides is 2. The zero-order valence-corrected chi connectivity index (χ0v) is 18.5. The van der Waals surface area contributed by atoms with Gasteiger partial charge in [0.05, 0.1) is 0 Å². The Bertz CT molecular complexity index is 832. The number of ether oxygens (including phenoxy) is 1. The van der Waals surface area contributed by atoms with Gasteiger partial charge in [-0.05, 0) is 45.4 Å². The topological polar surface area (TPSA) is 95.9 Å². The van der Waals surface area contributed by atoms with Crippen molar-refractivity contribution in [1.29, 1.82) is 0 Å². The van der Waals surface area contributed by atoms with Gasteiger partial charge in [0, 0.05) is 9.22 Å². The van der Waals surface area contributed by atoms with Crippen LogP contribution in [0.3, 0.4) is 0 Å². The molecule has 28 heavy (non-hydrogen) atoms. The van der Waals surface area contributed by atoms with E-state index in [9.17, 15) is 19.5 Å². The number of hydrogen-bond donors (Lipinski definition) is 2. The highest BCUT2D eigenvalue weighted by Crippen LogP contribution is 2.54. The largest absolute Gasteiger partial charge is 0.481 e. The fourth-order valence-electron chi connectivity index (χ4n) is 3.70. The first-order chi connectivity index (χ1) is 13.0. The molecule has 2 N–H and O–H groups in total. The molecule has 0 aromatic heterocycles. The van der Waals surface area contributed by atoms with E-state index in [1.807, 2.05) is 19.1 Å². The van der Waals surface area contributed by atoms with Crippen LogP contribution in [0.1, 0.15) is 34.1 Å². The lowest BCUT2D eigenvalue weighted by Gasteiger charge is -2.51. The standard InChI is InChI=1S/C19H23BrN2O5S/c1-5-12(27-11-8-6-7-10(20)9-11)14(23)21-19(4)16(26)22-13(15(24)25)18(2,3)28-17(19)22/h6-9,12-13,17H,5H2,1-4H3,(H,21,23)(H,24,25)/t12?,13-,17+,19-/m0/s1. The van der Waals surface area contributed by atoms with Crippen LogP contribution in [0, 0.1) is 0 Å². The second kappa shape index (κ2) is 7.26. The first-order valence-electron chi connectivity index (χ1n) is 8.99. The molecule has 0 aliphatic carbocycles. The van der Waals surface area contributed by atoms with Crippen LogP contribution < -0.4 is 10.1 Å². The number of hydrogen-bond acceptors (Lipinski definition) is 5. The van der Waals surface area contributed by atoms with Gasteiger partial charge < -0.3 is 20.1 Å². The third kappa shape index (κ3) is 3.39. The number of fused-ring (bicyclic) bond motifs is 1. The molecule has 0 radical (unpaired) electrons. The van der Waals surface area contributed by atoms with Crippen molar-refractivity contribution in [1.82, 2.24) is 10.2 Å². The molecule has 2 amide bonds. The normalized spacial score (nSPS) is 28.9. The highest BCUT2D eigenvalue weighted by Gasteiger charge is 2.70. The van der Waals surface area contributed by atoms with Crippen molar-refractivity contribution in [3.05, 3.63) is 28.7 Å². The minimum absolute atomic E-state index is 0.381. The van der Waals surface area contributed by atoms with Crippen LogP contribution in [-0.2, 0) is 14.4 Å². The number of nitrogens with one attached hydrogen (secondary N) is 1. The van der Waals surface area contributed by atoms with Gasteiger partial charge in [0.25, 0.3) is 11.8 Å². The molecule has 152 valence electrons. The summed E-state index contributed by atoms with van der Waals surface area (Å²) in [5.41, 5.74) is -1.16. The lowest BCUT2D eigenvalue weighted by molar-refractivity contribution is -0.168. The molecule has 0 bridgehead atoms. The Kier molecular flexibility index (Phi) is 5.44. The summed E-state index contributed by atoms with van der Waals surface area (Å²) in [5, 5.41) is 11.9. The fraction of sp³-hybridized carbons (Fsp3) is 0.526. The first-order valence-corrected chi connectivity index (χ1v) is 10.7. The van der Waals surface area contributed by atoms with Gasteiger partial charge in [-0.1, -0.05) is 28.9 Å². The van der Waals surface area contributed by atoms with Crippen LogP contribution >= 0.6 is 27.7 Å². The number of carboxylic acids is 1. The highest BCUT2D eigenvalue weighted by atomic mass is 79.9. The van der Waals surface area contributed by atoms with Crippen LogP contribution in [-0.4, -0.2) is 55.6 Å². The maximum Gasteiger partial charge on any atom is 0.327 e. The van der Waals surface area contributed by atoms with E-state index in [0.717, 1.165) is 4.47 Å². The SMILES string of the molecule is CCC(Oc1cccc(Br)c1)C(=O)N[C@@]1(C)C(=O)N2[C@@H](C(=O)O)C(C)(C)S[C@@H]21. The number of benzene rings is 1. The smallest absolute Gasteiger partial charge is 0.327 e. The minimum atomic E-state index is -1.16. The summed E-state index contributed by atoms with van der Waals surface area (Å²) in [4.78, 5) is 38.7. The number of rotatable bonds is 6. The molecule has 0 spiro atoms. The quantitative estimate of drug-likeness (QED) is 0.620. The van der Waals surface area contributed by atoms with Gasteiger partial charge in [-0.15, -0.1) is 11.8 Å². The van der Waals surface area contributed by atoms with E-state index in [1.165, 1.54) is 16.7 Å². The van der Waals surface area contributed by atoms with Gasteiger partial charge in [-0.25, -0.2) is 4.79 Å². The number of carbonyl (C=O) groups excluding carboxylic acids is 2. The van der Waals surface area contributed by atoms with Crippen molar-refractivity contribution >= 4 is 45.5 Å². The third-order valence-corrected chi connectivity index (χ3v) is 7.38. The molecule has 3 rings (SSSR count). The molecule has 2 saturated heterocycles. The fourth-order valence-corrected chi connectivity index (χ4v) is 5.72. The summed E-state index contributed by atoms with van der Waals surface area (Å²) in [6.07, 6.45) is -0.337. The number of aliphatic carboxylic acids is 1. The van der Waals surface area contributed by atoms with E-state index in [0.29, 0.717) is 12.2 Å². The summed E-state index contributed by atoms with van der Waals surface area (Å²) in [6, 6.07) is 6.27. The average molecular weight is 471 g/mol. The minimum Gasteiger partial charge on any atom is -0.481 e. The van der Waals surface area contributed by atoms with Gasteiger partial charge in [0.15, 0.2) is 6.10 Å². The number of nitrogens with zero attached hydrogens (tertiary/aromatic N) is 1. The Morgan fingerprint density at radius 2 is 2.07 bits per heavy atom. The summed E-state index contributed by atoms with van der Waals surface area (Å²) in [5.74, 6) is -1.26. The molecule has 2 fully saturated rings. The van der Waals surface area contributed by atoms with Crippen LogP contribution in [0.5, 0.6) is 5.75 Å². The second-order valence-electron chi connectivity index (χ2n) is 7.69. The van der Waals surface area contributed by atoms with Gasteiger partial charge in [0.2, 0.25) is 0 Å². The number of halogens is 1. The summed E-state index contributed by atoms with van der Waals surface area (Å²) in [6.45, 7) is 7.08. The van der Waals surface area contributed by atoms with Crippen molar-refractivity contribution in [3.63, 3.8) is 0 Å². The van der Waals surface area contributed by atoms with Crippen molar-refractivity contribution in [2.75, 3.05) is 0 Å². The third-order valence-electron chi connectivity index (χ3n) is 5.13. The van der Waals surface area contributed by atoms with Gasteiger partial charge >= 0.3 is 5.97 Å².